The van der Waals surface area contributed by atoms with Crippen molar-refractivity contribution < 1.29 is 9.59 Å². The van der Waals surface area contributed by atoms with Crippen LogP contribution in [-0.4, -0.2) is 53.3 Å². The van der Waals surface area contributed by atoms with E-state index in [1.165, 1.54) is 5.56 Å². The summed E-state index contributed by atoms with van der Waals surface area (Å²) in [5.74, 6) is 0.285. The maximum atomic E-state index is 12.6. The van der Waals surface area contributed by atoms with Crippen LogP contribution >= 0.6 is 12.4 Å². The zero-order chi connectivity index (χ0) is 17.7. The molecule has 0 radical (unpaired) electrons. The van der Waals surface area contributed by atoms with Crippen LogP contribution in [0.5, 0.6) is 0 Å². The average molecular weight is 380 g/mol. The molecule has 1 saturated carbocycles. The van der Waals surface area contributed by atoms with E-state index < -0.39 is 5.54 Å². The van der Waals surface area contributed by atoms with Crippen LogP contribution in [0.25, 0.3) is 0 Å². The lowest BCUT2D eigenvalue weighted by Gasteiger charge is -2.38. The van der Waals surface area contributed by atoms with Crippen LogP contribution in [0, 0.1) is 0 Å². The number of benzene rings is 1. The monoisotopic (exact) mass is 379 g/mol. The zero-order valence-corrected chi connectivity index (χ0v) is 16.2. The second kappa shape index (κ2) is 9.38. The first kappa shape index (κ1) is 20.7. The third-order valence-corrected chi connectivity index (χ3v) is 5.54. The first-order valence-electron chi connectivity index (χ1n) is 9.48. The summed E-state index contributed by atoms with van der Waals surface area (Å²) in [5, 5.41) is 0. The number of rotatable bonds is 5. The number of piperazine rings is 1. The van der Waals surface area contributed by atoms with Crippen LogP contribution in [0.2, 0.25) is 0 Å². The fourth-order valence-corrected chi connectivity index (χ4v) is 3.94. The molecule has 0 spiro atoms. The molecular formula is C20H30ClN3O2. The van der Waals surface area contributed by atoms with Crippen LogP contribution in [0.1, 0.15) is 44.1 Å². The van der Waals surface area contributed by atoms with Gasteiger partial charge in [-0.1, -0.05) is 43.2 Å². The van der Waals surface area contributed by atoms with Gasteiger partial charge in [0.05, 0.1) is 5.54 Å². The molecule has 2 amide bonds. The van der Waals surface area contributed by atoms with Gasteiger partial charge in [-0.15, -0.1) is 12.4 Å². The van der Waals surface area contributed by atoms with Gasteiger partial charge < -0.3 is 15.5 Å². The first-order chi connectivity index (χ1) is 12.1. The topological polar surface area (TPSA) is 66.6 Å². The van der Waals surface area contributed by atoms with Gasteiger partial charge in [0, 0.05) is 32.6 Å². The molecule has 1 aliphatic carbocycles. The molecule has 1 aromatic rings. The van der Waals surface area contributed by atoms with Crippen LogP contribution < -0.4 is 5.73 Å². The van der Waals surface area contributed by atoms with Gasteiger partial charge in [-0.05, 0) is 31.2 Å². The van der Waals surface area contributed by atoms with Crippen molar-refractivity contribution in [3.63, 3.8) is 0 Å². The quantitative estimate of drug-likeness (QED) is 0.854. The molecule has 1 aromatic carbocycles. The van der Waals surface area contributed by atoms with E-state index in [1.807, 2.05) is 28.0 Å². The Bertz CT molecular complexity index is 594. The lowest BCUT2D eigenvalue weighted by atomic mass is 9.97. The van der Waals surface area contributed by atoms with Crippen molar-refractivity contribution in [1.82, 2.24) is 9.80 Å². The Kier molecular flexibility index (Phi) is 7.47. The van der Waals surface area contributed by atoms with E-state index >= 15 is 0 Å². The van der Waals surface area contributed by atoms with Crippen LogP contribution in [0.4, 0.5) is 0 Å². The van der Waals surface area contributed by atoms with Gasteiger partial charge >= 0.3 is 0 Å². The van der Waals surface area contributed by atoms with Crippen molar-refractivity contribution >= 4 is 24.2 Å². The third-order valence-electron chi connectivity index (χ3n) is 5.54. The second-order valence-electron chi connectivity index (χ2n) is 7.38. The van der Waals surface area contributed by atoms with Crippen LogP contribution in [0.3, 0.4) is 0 Å². The molecule has 2 fully saturated rings. The summed E-state index contributed by atoms with van der Waals surface area (Å²) >= 11 is 0. The van der Waals surface area contributed by atoms with Crippen molar-refractivity contribution in [2.75, 3.05) is 26.2 Å². The first-order valence-corrected chi connectivity index (χ1v) is 9.48. The number of nitrogens with two attached hydrogens (primary N) is 1. The number of hydrogen-bond donors (Lipinski definition) is 1. The summed E-state index contributed by atoms with van der Waals surface area (Å²) in [6.07, 6.45) is 6.05. The summed E-state index contributed by atoms with van der Waals surface area (Å²) < 4.78 is 0. The zero-order valence-electron chi connectivity index (χ0n) is 15.4. The van der Waals surface area contributed by atoms with Gasteiger partial charge in [0.2, 0.25) is 11.8 Å². The van der Waals surface area contributed by atoms with E-state index in [0.29, 0.717) is 32.6 Å². The highest BCUT2D eigenvalue weighted by atomic mass is 35.5. The minimum absolute atomic E-state index is 0. The minimum Gasteiger partial charge on any atom is -0.339 e. The SMILES string of the molecule is Cl.NC1(C(=O)N2CCN(C(=O)CCCc3ccccc3)CC2)CCCC1. The van der Waals surface area contributed by atoms with E-state index in [-0.39, 0.29) is 24.2 Å². The predicted octanol–water partition coefficient (Wildman–Crippen LogP) is 2.37. The van der Waals surface area contributed by atoms with E-state index in [4.69, 9.17) is 5.73 Å². The molecule has 1 saturated heterocycles. The third kappa shape index (κ3) is 4.98. The molecule has 1 aliphatic heterocycles. The number of halogens is 1. The van der Waals surface area contributed by atoms with E-state index in [1.54, 1.807) is 0 Å². The Morgan fingerprint density at radius 2 is 1.54 bits per heavy atom. The lowest BCUT2D eigenvalue weighted by molar-refractivity contribution is -0.143. The van der Waals surface area contributed by atoms with Gasteiger partial charge in [0.1, 0.15) is 0 Å². The number of hydrogen-bond acceptors (Lipinski definition) is 3. The fraction of sp³-hybridized carbons (Fsp3) is 0.600. The number of carbonyl (C=O) groups is 2. The van der Waals surface area contributed by atoms with Gasteiger partial charge in [-0.2, -0.15) is 0 Å². The number of carbonyl (C=O) groups excluding carboxylic acids is 2. The molecule has 0 bridgehead atoms. The summed E-state index contributed by atoms with van der Waals surface area (Å²) in [7, 11) is 0. The standard InChI is InChI=1S/C20H29N3O2.ClH/c21-20(11-4-5-12-20)19(25)23-15-13-22(14-16-23)18(24)10-6-9-17-7-2-1-3-8-17;/h1-3,7-8H,4-6,9-16,21H2;1H. The highest BCUT2D eigenvalue weighted by molar-refractivity contribution is 5.87. The van der Waals surface area contributed by atoms with Crippen molar-refractivity contribution in [3.05, 3.63) is 35.9 Å². The second-order valence-corrected chi connectivity index (χ2v) is 7.38. The molecule has 5 nitrogen and oxygen atoms in total. The smallest absolute Gasteiger partial charge is 0.242 e. The van der Waals surface area contributed by atoms with Gasteiger partial charge in [0.15, 0.2) is 0 Å². The molecule has 26 heavy (non-hydrogen) atoms. The molecule has 1 heterocycles. The minimum atomic E-state index is -0.651. The molecule has 0 unspecified atom stereocenters. The summed E-state index contributed by atoms with van der Waals surface area (Å²) in [6, 6.07) is 10.3. The lowest BCUT2D eigenvalue weighted by Crippen LogP contribution is -2.59. The van der Waals surface area contributed by atoms with Crippen molar-refractivity contribution in [3.8, 4) is 0 Å². The van der Waals surface area contributed by atoms with E-state index in [2.05, 4.69) is 12.1 Å². The van der Waals surface area contributed by atoms with Gasteiger partial charge in [-0.25, -0.2) is 0 Å². The Balaban J connectivity index is 0.00000243. The van der Waals surface area contributed by atoms with Crippen molar-refractivity contribution in [1.29, 1.82) is 0 Å². The Hall–Kier alpha value is -1.59. The summed E-state index contributed by atoms with van der Waals surface area (Å²) in [6.45, 7) is 2.49. The molecule has 0 aromatic heterocycles. The fourth-order valence-electron chi connectivity index (χ4n) is 3.94. The van der Waals surface area contributed by atoms with Gasteiger partial charge in [-0.3, -0.25) is 9.59 Å². The van der Waals surface area contributed by atoms with Crippen molar-refractivity contribution in [2.45, 2.75) is 50.5 Å². The van der Waals surface area contributed by atoms with Crippen LogP contribution in [-0.2, 0) is 16.0 Å². The molecule has 3 rings (SSSR count). The maximum absolute atomic E-state index is 12.6. The molecule has 144 valence electrons. The molecule has 0 atom stereocenters. The number of amides is 2. The molecule has 2 aliphatic rings. The largest absolute Gasteiger partial charge is 0.339 e. The predicted molar refractivity (Wildman–Crippen MR) is 105 cm³/mol. The molecule has 2 N–H and O–H groups in total. The number of aryl methyl sites for hydroxylation is 1. The van der Waals surface area contributed by atoms with E-state index in [0.717, 1.165) is 38.5 Å². The Labute approximate surface area is 162 Å². The summed E-state index contributed by atoms with van der Waals surface area (Å²) in [4.78, 5) is 28.8. The highest BCUT2D eigenvalue weighted by Crippen LogP contribution is 2.29. The Morgan fingerprint density at radius 3 is 2.15 bits per heavy atom. The number of nitrogens with zero attached hydrogens (tertiary/aromatic N) is 2. The van der Waals surface area contributed by atoms with Gasteiger partial charge in [0.25, 0.3) is 0 Å². The van der Waals surface area contributed by atoms with E-state index in [9.17, 15) is 9.59 Å². The molecular weight excluding hydrogens is 350 g/mol. The highest BCUT2D eigenvalue weighted by Gasteiger charge is 2.40. The molecule has 6 heteroatoms. The van der Waals surface area contributed by atoms with Crippen LogP contribution in [0.15, 0.2) is 30.3 Å². The maximum Gasteiger partial charge on any atom is 0.242 e. The van der Waals surface area contributed by atoms with Crippen molar-refractivity contribution in [2.24, 2.45) is 5.73 Å². The summed E-state index contributed by atoms with van der Waals surface area (Å²) in [5.41, 5.74) is 6.90. The Morgan fingerprint density at radius 1 is 0.962 bits per heavy atom. The normalized spacial score (nSPS) is 19.1. The average Bonchev–Trinajstić information content (AvgIpc) is 3.10.